The molecule has 2 aromatic carbocycles. The lowest BCUT2D eigenvalue weighted by Crippen LogP contribution is -2.24. The average molecular weight is 412 g/mol. The SMILES string of the molecule is COc1cc(C=O)c(C2=CCN(C)CC2)c(O)c1C(=O)/C=C/c1ccccc1Cl. The monoisotopic (exact) mass is 411 g/mol. The minimum atomic E-state index is -0.438. The molecule has 0 radical (unpaired) electrons. The first kappa shape index (κ1) is 20.8. The molecule has 29 heavy (non-hydrogen) atoms. The lowest BCUT2D eigenvalue weighted by molar-refractivity contribution is 0.104. The number of halogens is 1. The van der Waals surface area contributed by atoms with Gasteiger partial charge in [0.15, 0.2) is 12.1 Å². The Morgan fingerprint density at radius 2 is 2.03 bits per heavy atom. The van der Waals surface area contributed by atoms with Crippen LogP contribution in [0.1, 0.15) is 38.3 Å². The van der Waals surface area contributed by atoms with Crippen molar-refractivity contribution in [1.29, 1.82) is 0 Å². The molecule has 2 aromatic rings. The van der Waals surface area contributed by atoms with Gasteiger partial charge in [-0.05, 0) is 48.9 Å². The van der Waals surface area contributed by atoms with Gasteiger partial charge in [0.1, 0.15) is 17.1 Å². The third-order valence-corrected chi connectivity index (χ3v) is 5.29. The molecule has 1 N–H and O–H groups in total. The maximum Gasteiger partial charge on any atom is 0.193 e. The number of nitrogens with zero attached hydrogens (tertiary/aromatic N) is 1. The summed E-state index contributed by atoms with van der Waals surface area (Å²) in [6, 6.07) is 8.63. The Kier molecular flexibility index (Phi) is 6.52. The third kappa shape index (κ3) is 4.42. The van der Waals surface area contributed by atoms with Gasteiger partial charge in [-0.2, -0.15) is 0 Å². The molecule has 150 valence electrons. The summed E-state index contributed by atoms with van der Waals surface area (Å²) in [7, 11) is 3.39. The highest BCUT2D eigenvalue weighted by atomic mass is 35.5. The van der Waals surface area contributed by atoms with Crippen LogP contribution in [0.5, 0.6) is 11.5 Å². The topological polar surface area (TPSA) is 66.8 Å². The van der Waals surface area contributed by atoms with Crippen molar-refractivity contribution < 1.29 is 19.4 Å². The van der Waals surface area contributed by atoms with Gasteiger partial charge >= 0.3 is 0 Å². The van der Waals surface area contributed by atoms with Crippen LogP contribution in [0.15, 0.2) is 42.5 Å². The molecule has 1 aliphatic heterocycles. The molecule has 0 atom stereocenters. The zero-order valence-electron chi connectivity index (χ0n) is 16.3. The molecule has 0 saturated heterocycles. The molecule has 0 unspecified atom stereocenters. The van der Waals surface area contributed by atoms with E-state index in [1.165, 1.54) is 19.3 Å². The first-order chi connectivity index (χ1) is 14.0. The number of carbonyl (C=O) groups is 2. The maximum atomic E-state index is 12.9. The number of methoxy groups -OCH3 is 1. The van der Waals surface area contributed by atoms with Crippen LogP contribution in [0.4, 0.5) is 0 Å². The largest absolute Gasteiger partial charge is 0.506 e. The van der Waals surface area contributed by atoms with E-state index in [1.807, 2.05) is 19.2 Å². The van der Waals surface area contributed by atoms with Gasteiger partial charge in [-0.3, -0.25) is 9.59 Å². The fourth-order valence-electron chi connectivity index (χ4n) is 3.35. The first-order valence-corrected chi connectivity index (χ1v) is 9.58. The molecule has 3 rings (SSSR count). The van der Waals surface area contributed by atoms with E-state index in [0.717, 1.165) is 12.1 Å². The van der Waals surface area contributed by atoms with E-state index in [9.17, 15) is 14.7 Å². The highest BCUT2D eigenvalue weighted by Crippen LogP contribution is 2.40. The number of phenols is 1. The number of aromatic hydroxyl groups is 1. The maximum absolute atomic E-state index is 12.9. The van der Waals surface area contributed by atoms with Crippen LogP contribution in [0.3, 0.4) is 0 Å². The van der Waals surface area contributed by atoms with Crippen LogP contribution >= 0.6 is 11.6 Å². The number of ether oxygens (including phenoxy) is 1. The summed E-state index contributed by atoms with van der Waals surface area (Å²) in [4.78, 5) is 26.7. The number of allylic oxidation sites excluding steroid dienone is 1. The molecule has 6 heteroatoms. The van der Waals surface area contributed by atoms with Gasteiger partial charge in [0.25, 0.3) is 0 Å². The number of hydrogen-bond donors (Lipinski definition) is 1. The summed E-state index contributed by atoms with van der Waals surface area (Å²) in [5.41, 5.74) is 2.24. The van der Waals surface area contributed by atoms with Crippen LogP contribution in [0, 0.1) is 0 Å². The molecule has 0 amide bonds. The molecule has 0 fully saturated rings. The van der Waals surface area contributed by atoms with E-state index in [1.54, 1.807) is 24.3 Å². The fraction of sp³-hybridized carbons (Fsp3) is 0.217. The van der Waals surface area contributed by atoms with Crippen molar-refractivity contribution in [3.05, 3.63) is 69.8 Å². The summed E-state index contributed by atoms with van der Waals surface area (Å²) in [6.07, 6.45) is 6.23. The predicted octanol–water partition coefficient (Wildman–Crippen LogP) is 4.48. The quantitative estimate of drug-likeness (QED) is 0.431. The Hall–Kier alpha value is -2.89. The molecule has 0 spiro atoms. The second kappa shape index (κ2) is 9.07. The Bertz CT molecular complexity index is 1010. The molecule has 0 bridgehead atoms. The van der Waals surface area contributed by atoms with Crippen molar-refractivity contribution in [3.63, 3.8) is 0 Å². The van der Waals surface area contributed by atoms with Crippen LogP contribution in [-0.2, 0) is 0 Å². The van der Waals surface area contributed by atoms with Crippen molar-refractivity contribution in [2.24, 2.45) is 0 Å². The van der Waals surface area contributed by atoms with Gasteiger partial charge in [-0.25, -0.2) is 0 Å². The normalized spacial score (nSPS) is 14.7. The van der Waals surface area contributed by atoms with E-state index in [4.69, 9.17) is 16.3 Å². The van der Waals surface area contributed by atoms with Gasteiger partial charge in [-0.1, -0.05) is 35.9 Å². The number of rotatable bonds is 6. The Morgan fingerprint density at radius 1 is 1.28 bits per heavy atom. The zero-order chi connectivity index (χ0) is 21.0. The van der Waals surface area contributed by atoms with E-state index in [0.29, 0.717) is 41.0 Å². The van der Waals surface area contributed by atoms with Crippen LogP contribution < -0.4 is 4.74 Å². The number of likely N-dealkylation sites (N-methyl/N-ethyl adjacent to an activating group) is 1. The number of ketones is 1. The van der Waals surface area contributed by atoms with Gasteiger partial charge in [0, 0.05) is 29.2 Å². The molecule has 0 saturated carbocycles. The smallest absolute Gasteiger partial charge is 0.193 e. The molecule has 5 nitrogen and oxygen atoms in total. The molecular formula is C23H22ClNO4. The van der Waals surface area contributed by atoms with E-state index in [-0.39, 0.29) is 17.1 Å². The lowest BCUT2D eigenvalue weighted by atomic mass is 9.90. The summed E-state index contributed by atoms with van der Waals surface area (Å²) in [5.74, 6) is -0.529. The van der Waals surface area contributed by atoms with Gasteiger partial charge in [0.2, 0.25) is 0 Å². The Balaban J connectivity index is 2.08. The predicted molar refractivity (Wildman–Crippen MR) is 115 cm³/mol. The highest BCUT2D eigenvalue weighted by molar-refractivity contribution is 6.32. The Labute approximate surface area is 174 Å². The number of aldehydes is 1. The summed E-state index contributed by atoms with van der Waals surface area (Å²) in [6.45, 7) is 1.50. The summed E-state index contributed by atoms with van der Waals surface area (Å²) >= 11 is 6.13. The van der Waals surface area contributed by atoms with Crippen molar-refractivity contribution in [2.45, 2.75) is 6.42 Å². The van der Waals surface area contributed by atoms with E-state index >= 15 is 0 Å². The van der Waals surface area contributed by atoms with E-state index in [2.05, 4.69) is 4.90 Å². The van der Waals surface area contributed by atoms with Crippen molar-refractivity contribution >= 4 is 35.3 Å². The van der Waals surface area contributed by atoms with Crippen LogP contribution in [0.2, 0.25) is 5.02 Å². The molecule has 1 heterocycles. The molecule has 1 aliphatic rings. The highest BCUT2D eigenvalue weighted by Gasteiger charge is 2.25. The zero-order valence-corrected chi connectivity index (χ0v) is 17.1. The molecule has 0 aromatic heterocycles. The summed E-state index contributed by atoms with van der Waals surface area (Å²) in [5, 5.41) is 11.5. The lowest BCUT2D eigenvalue weighted by Gasteiger charge is -2.24. The van der Waals surface area contributed by atoms with Crippen LogP contribution in [-0.4, -0.2) is 49.3 Å². The first-order valence-electron chi connectivity index (χ1n) is 9.20. The molecule has 0 aliphatic carbocycles. The van der Waals surface area contributed by atoms with Crippen LogP contribution in [0.25, 0.3) is 11.6 Å². The van der Waals surface area contributed by atoms with Crippen molar-refractivity contribution in [3.8, 4) is 11.5 Å². The standard InChI is InChI=1S/C23H22ClNO4/c1-25-11-9-16(10-12-25)21-17(14-26)13-20(29-2)22(23(21)28)19(27)8-7-15-5-3-4-6-18(15)24/h3-9,13-14,28H,10-12H2,1-2H3/b8-7+. The minimum absolute atomic E-state index is 0.0243. The van der Waals surface area contributed by atoms with Crippen molar-refractivity contribution in [2.75, 3.05) is 27.2 Å². The number of benzene rings is 2. The van der Waals surface area contributed by atoms with Gasteiger partial charge < -0.3 is 14.7 Å². The fourth-order valence-corrected chi connectivity index (χ4v) is 3.55. The number of carbonyl (C=O) groups excluding carboxylic acids is 2. The minimum Gasteiger partial charge on any atom is -0.506 e. The van der Waals surface area contributed by atoms with Crippen molar-refractivity contribution in [1.82, 2.24) is 4.90 Å². The number of phenolic OH excluding ortho intramolecular Hbond substituents is 1. The van der Waals surface area contributed by atoms with Gasteiger partial charge in [0.05, 0.1) is 7.11 Å². The second-order valence-electron chi connectivity index (χ2n) is 6.85. The molecular weight excluding hydrogens is 390 g/mol. The summed E-state index contributed by atoms with van der Waals surface area (Å²) < 4.78 is 5.30. The third-order valence-electron chi connectivity index (χ3n) is 4.94. The van der Waals surface area contributed by atoms with E-state index < -0.39 is 5.78 Å². The average Bonchev–Trinajstić information content (AvgIpc) is 2.73. The number of hydrogen-bond acceptors (Lipinski definition) is 5. The van der Waals surface area contributed by atoms with Gasteiger partial charge in [-0.15, -0.1) is 0 Å². The Morgan fingerprint density at radius 3 is 2.66 bits per heavy atom. The second-order valence-corrected chi connectivity index (χ2v) is 7.25.